The van der Waals surface area contributed by atoms with Gasteiger partial charge in [-0.25, -0.2) is 0 Å². The first kappa shape index (κ1) is 8.00. The second-order valence-corrected chi connectivity index (χ2v) is 2.88. The summed E-state index contributed by atoms with van der Waals surface area (Å²) < 4.78 is 0.363. The van der Waals surface area contributed by atoms with E-state index in [1.807, 2.05) is 6.07 Å². The second-order valence-electron chi connectivity index (χ2n) is 2.02. The summed E-state index contributed by atoms with van der Waals surface area (Å²) in [6.07, 6.45) is 0. The van der Waals surface area contributed by atoms with E-state index in [0.717, 1.165) is 5.56 Å². The Morgan fingerprint density at radius 1 is 1.55 bits per heavy atom. The van der Waals surface area contributed by atoms with Crippen molar-refractivity contribution in [1.29, 1.82) is 10.7 Å². The summed E-state index contributed by atoms with van der Waals surface area (Å²) in [7, 11) is 0. The van der Waals surface area contributed by atoms with Gasteiger partial charge in [0.15, 0.2) is 0 Å². The van der Waals surface area contributed by atoms with Crippen LogP contribution in [0.4, 0.5) is 0 Å². The van der Waals surface area contributed by atoms with Gasteiger partial charge in [0.05, 0.1) is 0 Å². The van der Waals surface area contributed by atoms with Crippen LogP contribution in [0.15, 0.2) is 24.3 Å². The second kappa shape index (κ2) is 3.34. The van der Waals surface area contributed by atoms with E-state index < -0.39 is 0 Å². The normalized spacial score (nSPS) is 8.64. The van der Waals surface area contributed by atoms with Crippen molar-refractivity contribution in [2.24, 2.45) is 0 Å². The maximum absolute atomic E-state index is 8.51. The Morgan fingerprint density at radius 2 is 2.27 bits per heavy atom. The average Bonchev–Trinajstić information content (AvgIpc) is 2.05. The van der Waals surface area contributed by atoms with Crippen molar-refractivity contribution in [1.82, 2.24) is 0 Å². The standard InChI is InChI=1S/C8H5N2Se/c9-5-6-2-1-3-7(4-6)8(10)11/h1-4,10H. The molecule has 0 spiro atoms. The van der Waals surface area contributed by atoms with Gasteiger partial charge in [0.25, 0.3) is 0 Å². The molecule has 0 amide bonds. The molecule has 0 aromatic heterocycles. The van der Waals surface area contributed by atoms with Crippen LogP contribution in [-0.2, 0) is 0 Å². The number of rotatable bonds is 1. The van der Waals surface area contributed by atoms with Crippen LogP contribution in [0.3, 0.4) is 0 Å². The average molecular weight is 208 g/mol. The van der Waals surface area contributed by atoms with E-state index in [0.29, 0.717) is 10.2 Å². The molecule has 0 heterocycles. The molecule has 53 valence electrons. The molecule has 0 atom stereocenters. The zero-order valence-electron chi connectivity index (χ0n) is 5.66. The third-order valence-corrected chi connectivity index (χ3v) is 1.75. The number of benzene rings is 1. The fourth-order valence-electron chi connectivity index (χ4n) is 0.730. The van der Waals surface area contributed by atoms with E-state index in [1.54, 1.807) is 24.3 Å². The molecule has 0 saturated heterocycles. The van der Waals surface area contributed by atoms with Gasteiger partial charge in [-0.1, -0.05) is 0 Å². The van der Waals surface area contributed by atoms with E-state index >= 15 is 0 Å². The number of nitrogens with one attached hydrogen (secondary N) is 1. The Hall–Kier alpha value is -1.10. The fraction of sp³-hybridized carbons (Fsp3) is 0. The Balaban J connectivity index is 3.13. The van der Waals surface area contributed by atoms with Crippen molar-refractivity contribution >= 4 is 20.6 Å². The molecule has 11 heavy (non-hydrogen) atoms. The number of hydrogen-bond donors (Lipinski definition) is 1. The molecule has 0 unspecified atom stereocenters. The molecule has 3 heteroatoms. The van der Waals surface area contributed by atoms with E-state index in [-0.39, 0.29) is 0 Å². The van der Waals surface area contributed by atoms with Gasteiger partial charge in [-0.2, -0.15) is 0 Å². The van der Waals surface area contributed by atoms with Crippen LogP contribution in [0.25, 0.3) is 0 Å². The summed E-state index contributed by atoms with van der Waals surface area (Å²) in [4.78, 5) is 0. The van der Waals surface area contributed by atoms with Crippen LogP contribution in [0, 0.1) is 16.7 Å². The van der Waals surface area contributed by atoms with E-state index in [2.05, 4.69) is 16.0 Å². The SMILES string of the molecule is N#Cc1cccc(C(=N)[Se])c1. The summed E-state index contributed by atoms with van der Waals surface area (Å²) in [5.74, 6) is 0. The predicted molar refractivity (Wildman–Crippen MR) is 43.7 cm³/mol. The molecule has 0 aliphatic heterocycles. The number of nitrogens with zero attached hydrogens (tertiary/aromatic N) is 1. The van der Waals surface area contributed by atoms with Crippen molar-refractivity contribution in [2.75, 3.05) is 0 Å². The Bertz CT molecular complexity index is 325. The molecule has 0 aliphatic rings. The molecule has 0 bridgehead atoms. The molecular formula is C8H5N2Se. The fourth-order valence-corrected chi connectivity index (χ4v) is 0.996. The Morgan fingerprint density at radius 3 is 2.82 bits per heavy atom. The summed E-state index contributed by atoms with van der Waals surface area (Å²) in [5, 5.41) is 15.8. The van der Waals surface area contributed by atoms with E-state index in [9.17, 15) is 0 Å². The van der Waals surface area contributed by atoms with Gasteiger partial charge in [-0.3, -0.25) is 0 Å². The van der Waals surface area contributed by atoms with E-state index in [1.165, 1.54) is 0 Å². The monoisotopic (exact) mass is 209 g/mol. The third-order valence-electron chi connectivity index (χ3n) is 1.25. The number of nitriles is 1. The van der Waals surface area contributed by atoms with Gasteiger partial charge < -0.3 is 0 Å². The zero-order chi connectivity index (χ0) is 8.27. The van der Waals surface area contributed by atoms with Crippen LogP contribution in [0.5, 0.6) is 0 Å². The zero-order valence-corrected chi connectivity index (χ0v) is 7.38. The summed E-state index contributed by atoms with van der Waals surface area (Å²) >= 11 is 2.58. The van der Waals surface area contributed by atoms with Gasteiger partial charge in [0.1, 0.15) is 0 Å². The van der Waals surface area contributed by atoms with Crippen LogP contribution in [-0.4, -0.2) is 20.6 Å². The molecule has 1 radical (unpaired) electrons. The van der Waals surface area contributed by atoms with Gasteiger partial charge in [0.2, 0.25) is 0 Å². The third kappa shape index (κ3) is 1.91. The molecule has 1 aromatic carbocycles. The van der Waals surface area contributed by atoms with Crippen LogP contribution in [0.2, 0.25) is 0 Å². The molecule has 0 fully saturated rings. The molecule has 0 saturated carbocycles. The molecule has 1 N–H and O–H groups in total. The molecule has 2 nitrogen and oxygen atoms in total. The van der Waals surface area contributed by atoms with Crippen LogP contribution in [0.1, 0.15) is 11.1 Å². The minimum atomic E-state index is 0.363. The van der Waals surface area contributed by atoms with Gasteiger partial charge in [-0.05, 0) is 0 Å². The molecular weight excluding hydrogens is 203 g/mol. The summed E-state index contributed by atoms with van der Waals surface area (Å²) in [5.41, 5.74) is 1.34. The topological polar surface area (TPSA) is 47.6 Å². The van der Waals surface area contributed by atoms with Crippen molar-refractivity contribution < 1.29 is 0 Å². The first-order chi connectivity index (χ1) is 5.24. The number of hydrogen-bond acceptors (Lipinski definition) is 2. The molecule has 1 rings (SSSR count). The Labute approximate surface area is 73.2 Å². The van der Waals surface area contributed by atoms with Crippen molar-refractivity contribution in [3.63, 3.8) is 0 Å². The van der Waals surface area contributed by atoms with Crippen LogP contribution >= 0.6 is 0 Å². The van der Waals surface area contributed by atoms with Gasteiger partial charge >= 0.3 is 72.8 Å². The first-order valence-corrected chi connectivity index (χ1v) is 3.86. The summed E-state index contributed by atoms with van der Waals surface area (Å²) in [6.45, 7) is 0. The maximum atomic E-state index is 8.51. The quantitative estimate of drug-likeness (QED) is 0.544. The van der Waals surface area contributed by atoms with Crippen molar-refractivity contribution in [2.45, 2.75) is 0 Å². The molecule has 0 aliphatic carbocycles. The van der Waals surface area contributed by atoms with E-state index in [4.69, 9.17) is 10.7 Å². The predicted octanol–water partition coefficient (Wildman–Crippen LogP) is 1.05. The Kier molecular flexibility index (Phi) is 2.43. The van der Waals surface area contributed by atoms with Gasteiger partial charge in [-0.15, -0.1) is 0 Å². The van der Waals surface area contributed by atoms with Crippen molar-refractivity contribution in [3.05, 3.63) is 35.4 Å². The summed E-state index contributed by atoms with van der Waals surface area (Å²) in [6, 6.07) is 8.96. The molecule has 1 aromatic rings. The van der Waals surface area contributed by atoms with Crippen LogP contribution < -0.4 is 0 Å². The van der Waals surface area contributed by atoms with Crippen molar-refractivity contribution in [3.8, 4) is 6.07 Å². The first-order valence-electron chi connectivity index (χ1n) is 3.00. The minimum absolute atomic E-state index is 0.363. The van der Waals surface area contributed by atoms with Gasteiger partial charge in [0, 0.05) is 0 Å².